The van der Waals surface area contributed by atoms with E-state index in [1.165, 1.54) is 0 Å². The van der Waals surface area contributed by atoms with Gasteiger partial charge in [-0.2, -0.15) is 0 Å². The molecule has 0 radical (unpaired) electrons. The molecule has 100 valence electrons. The summed E-state index contributed by atoms with van der Waals surface area (Å²) in [6.07, 6.45) is 3.31. The number of aromatic amines is 1. The lowest BCUT2D eigenvalue weighted by molar-refractivity contribution is 0.104. The van der Waals surface area contributed by atoms with Gasteiger partial charge in [0, 0.05) is 44.1 Å². The number of pyridine rings is 1. The lowest BCUT2D eigenvalue weighted by atomic mass is 10.0. The normalized spacial score (nSPS) is 10.9. The Kier molecular flexibility index (Phi) is 3.23. The SMILES string of the molecule is Nc1cc(Cl)ccc1C(=O)c1c[nH]c2ncc(Br)cc12. The van der Waals surface area contributed by atoms with Crippen LogP contribution in [0.15, 0.2) is 41.1 Å². The number of nitrogen functional groups attached to an aromatic ring is 1. The van der Waals surface area contributed by atoms with E-state index >= 15 is 0 Å². The maximum atomic E-state index is 12.6. The highest BCUT2D eigenvalue weighted by Crippen LogP contribution is 2.26. The Morgan fingerprint density at radius 1 is 1.30 bits per heavy atom. The van der Waals surface area contributed by atoms with Gasteiger partial charge in [0.15, 0.2) is 5.78 Å². The minimum absolute atomic E-state index is 0.162. The predicted molar refractivity (Wildman–Crippen MR) is 83.1 cm³/mol. The maximum absolute atomic E-state index is 12.6. The monoisotopic (exact) mass is 349 g/mol. The Morgan fingerprint density at radius 2 is 2.10 bits per heavy atom. The smallest absolute Gasteiger partial charge is 0.197 e. The van der Waals surface area contributed by atoms with E-state index in [0.29, 0.717) is 27.5 Å². The molecule has 0 bridgehead atoms. The summed E-state index contributed by atoms with van der Waals surface area (Å²) in [6.45, 7) is 0. The molecule has 3 aromatic rings. The minimum Gasteiger partial charge on any atom is -0.398 e. The fourth-order valence-corrected chi connectivity index (χ4v) is 2.56. The number of halogens is 2. The van der Waals surface area contributed by atoms with Gasteiger partial charge in [-0.3, -0.25) is 4.79 Å². The van der Waals surface area contributed by atoms with Crippen LogP contribution in [0.3, 0.4) is 0 Å². The van der Waals surface area contributed by atoms with Crippen molar-refractivity contribution in [2.45, 2.75) is 0 Å². The van der Waals surface area contributed by atoms with Crippen LogP contribution in [0.5, 0.6) is 0 Å². The summed E-state index contributed by atoms with van der Waals surface area (Å²) in [5.41, 5.74) is 7.84. The summed E-state index contributed by atoms with van der Waals surface area (Å²) in [5.74, 6) is -0.162. The molecule has 0 unspecified atom stereocenters. The second kappa shape index (κ2) is 4.92. The van der Waals surface area contributed by atoms with Gasteiger partial charge in [-0.25, -0.2) is 4.98 Å². The molecule has 2 aromatic heterocycles. The Bertz CT molecular complexity index is 828. The molecular formula is C14H9BrClN3O. The first-order chi connectivity index (χ1) is 9.56. The second-order valence-electron chi connectivity index (χ2n) is 4.31. The Hall–Kier alpha value is -1.85. The zero-order valence-electron chi connectivity index (χ0n) is 10.2. The van der Waals surface area contributed by atoms with Gasteiger partial charge in [0.1, 0.15) is 5.65 Å². The molecular weight excluding hydrogens is 342 g/mol. The zero-order valence-corrected chi connectivity index (χ0v) is 12.5. The van der Waals surface area contributed by atoms with Gasteiger partial charge in [0.05, 0.1) is 0 Å². The quantitative estimate of drug-likeness (QED) is 0.545. The number of carbonyl (C=O) groups excluding carboxylic acids is 1. The number of nitrogens with two attached hydrogens (primary N) is 1. The summed E-state index contributed by atoms with van der Waals surface area (Å²) < 4.78 is 0.808. The third-order valence-corrected chi connectivity index (χ3v) is 3.67. The number of fused-ring (bicyclic) bond motifs is 1. The molecule has 0 aliphatic rings. The Balaban J connectivity index is 2.15. The summed E-state index contributed by atoms with van der Waals surface area (Å²) in [4.78, 5) is 19.8. The highest BCUT2D eigenvalue weighted by atomic mass is 79.9. The van der Waals surface area contributed by atoms with Gasteiger partial charge in [0.25, 0.3) is 0 Å². The molecule has 0 atom stereocenters. The molecule has 6 heteroatoms. The number of hydrogen-bond donors (Lipinski definition) is 2. The molecule has 2 heterocycles. The lowest BCUT2D eigenvalue weighted by Gasteiger charge is -2.04. The Morgan fingerprint density at radius 3 is 2.85 bits per heavy atom. The molecule has 0 aliphatic heterocycles. The fourth-order valence-electron chi connectivity index (χ4n) is 2.05. The van der Waals surface area contributed by atoms with Gasteiger partial charge in [-0.1, -0.05) is 11.6 Å². The zero-order chi connectivity index (χ0) is 14.3. The number of ketones is 1. The molecule has 0 saturated heterocycles. The van der Waals surface area contributed by atoms with E-state index in [0.717, 1.165) is 9.86 Å². The van der Waals surface area contributed by atoms with E-state index in [1.807, 2.05) is 6.07 Å². The average Bonchev–Trinajstić information content (AvgIpc) is 2.81. The molecule has 4 nitrogen and oxygen atoms in total. The summed E-state index contributed by atoms with van der Waals surface area (Å²) >= 11 is 9.20. The van der Waals surface area contributed by atoms with Crippen molar-refractivity contribution in [1.82, 2.24) is 9.97 Å². The van der Waals surface area contributed by atoms with Crippen molar-refractivity contribution in [3.05, 3.63) is 57.3 Å². The van der Waals surface area contributed by atoms with E-state index in [-0.39, 0.29) is 5.78 Å². The fraction of sp³-hybridized carbons (Fsp3) is 0. The number of hydrogen-bond acceptors (Lipinski definition) is 3. The first-order valence-corrected chi connectivity index (χ1v) is 6.95. The van der Waals surface area contributed by atoms with Crippen LogP contribution < -0.4 is 5.73 Å². The van der Waals surface area contributed by atoms with Crippen molar-refractivity contribution in [2.75, 3.05) is 5.73 Å². The number of benzene rings is 1. The van der Waals surface area contributed by atoms with E-state index < -0.39 is 0 Å². The van der Waals surface area contributed by atoms with Crippen molar-refractivity contribution < 1.29 is 4.79 Å². The molecule has 0 spiro atoms. The van der Waals surface area contributed by atoms with Crippen LogP contribution in [0, 0.1) is 0 Å². The van der Waals surface area contributed by atoms with Crippen molar-refractivity contribution >= 4 is 50.0 Å². The van der Waals surface area contributed by atoms with Crippen molar-refractivity contribution in [3.63, 3.8) is 0 Å². The second-order valence-corrected chi connectivity index (χ2v) is 5.66. The number of H-pyrrole nitrogens is 1. The number of anilines is 1. The van der Waals surface area contributed by atoms with Gasteiger partial charge in [-0.05, 0) is 40.2 Å². The summed E-state index contributed by atoms with van der Waals surface area (Å²) in [6, 6.07) is 6.69. The van der Waals surface area contributed by atoms with Crippen LogP contribution in [0.2, 0.25) is 5.02 Å². The molecule has 20 heavy (non-hydrogen) atoms. The molecule has 3 rings (SSSR count). The highest BCUT2D eigenvalue weighted by molar-refractivity contribution is 9.10. The van der Waals surface area contributed by atoms with Crippen molar-refractivity contribution in [2.24, 2.45) is 0 Å². The van der Waals surface area contributed by atoms with Gasteiger partial charge in [0.2, 0.25) is 0 Å². The van der Waals surface area contributed by atoms with Crippen LogP contribution >= 0.6 is 27.5 Å². The first-order valence-electron chi connectivity index (χ1n) is 5.78. The topological polar surface area (TPSA) is 71.8 Å². The summed E-state index contributed by atoms with van der Waals surface area (Å²) in [5, 5.41) is 1.25. The predicted octanol–water partition coefficient (Wildman–Crippen LogP) is 3.79. The molecule has 3 N–H and O–H groups in total. The molecule has 0 fully saturated rings. The van der Waals surface area contributed by atoms with Crippen LogP contribution in [0.4, 0.5) is 5.69 Å². The van der Waals surface area contributed by atoms with Gasteiger partial charge < -0.3 is 10.7 Å². The number of nitrogens with one attached hydrogen (secondary N) is 1. The average molecular weight is 351 g/mol. The molecule has 0 saturated carbocycles. The van der Waals surface area contributed by atoms with E-state index in [4.69, 9.17) is 17.3 Å². The molecule has 1 aromatic carbocycles. The van der Waals surface area contributed by atoms with Crippen LogP contribution in [0.25, 0.3) is 11.0 Å². The highest BCUT2D eigenvalue weighted by Gasteiger charge is 2.17. The van der Waals surface area contributed by atoms with E-state index in [9.17, 15) is 4.79 Å². The Labute approximate surface area is 128 Å². The minimum atomic E-state index is -0.162. The maximum Gasteiger partial charge on any atom is 0.197 e. The van der Waals surface area contributed by atoms with E-state index in [2.05, 4.69) is 25.9 Å². The largest absolute Gasteiger partial charge is 0.398 e. The van der Waals surface area contributed by atoms with Crippen molar-refractivity contribution in [3.8, 4) is 0 Å². The van der Waals surface area contributed by atoms with E-state index in [1.54, 1.807) is 30.6 Å². The molecule has 0 amide bonds. The number of rotatable bonds is 2. The number of nitrogens with zero attached hydrogens (tertiary/aromatic N) is 1. The lowest BCUT2D eigenvalue weighted by Crippen LogP contribution is -2.04. The number of carbonyl (C=O) groups is 1. The van der Waals surface area contributed by atoms with Gasteiger partial charge >= 0.3 is 0 Å². The van der Waals surface area contributed by atoms with Crippen LogP contribution in [0.1, 0.15) is 15.9 Å². The summed E-state index contributed by atoms with van der Waals surface area (Å²) in [7, 11) is 0. The third kappa shape index (κ3) is 2.19. The van der Waals surface area contributed by atoms with Gasteiger partial charge in [-0.15, -0.1) is 0 Å². The number of aromatic nitrogens is 2. The van der Waals surface area contributed by atoms with Crippen LogP contribution in [-0.4, -0.2) is 15.8 Å². The first kappa shape index (κ1) is 13.1. The van der Waals surface area contributed by atoms with Crippen molar-refractivity contribution in [1.29, 1.82) is 0 Å². The third-order valence-electron chi connectivity index (χ3n) is 3.00. The van der Waals surface area contributed by atoms with Crippen LogP contribution in [-0.2, 0) is 0 Å². The molecule has 0 aliphatic carbocycles. The standard InChI is InChI=1S/C14H9BrClN3O/c15-7-3-10-11(6-19-14(10)18-5-7)13(20)9-2-1-8(16)4-12(9)17/h1-6H,17H2,(H,18,19).